The zero-order chi connectivity index (χ0) is 27.6. The Morgan fingerprint density at radius 3 is 2.54 bits per heavy atom. The molecule has 0 unspecified atom stereocenters. The van der Waals surface area contributed by atoms with E-state index in [1.165, 1.54) is 18.6 Å². The number of rotatable bonds is 8. The fourth-order valence-electron chi connectivity index (χ4n) is 4.65. The van der Waals surface area contributed by atoms with Crippen LogP contribution in [-0.2, 0) is 30.5 Å². The van der Waals surface area contributed by atoms with E-state index in [1.807, 2.05) is 24.3 Å². The summed E-state index contributed by atoms with van der Waals surface area (Å²) in [5, 5.41) is 4.24. The predicted octanol–water partition coefficient (Wildman–Crippen LogP) is 5.25. The van der Waals surface area contributed by atoms with E-state index in [0.717, 1.165) is 30.7 Å². The summed E-state index contributed by atoms with van der Waals surface area (Å²) in [5.41, 5.74) is 1.81. The topological polar surface area (TPSA) is 67.2 Å². The number of aromatic nitrogens is 2. The van der Waals surface area contributed by atoms with Gasteiger partial charge >= 0.3 is 6.18 Å². The molecule has 1 aliphatic carbocycles. The molecule has 0 spiro atoms. The molecule has 39 heavy (non-hydrogen) atoms. The van der Waals surface area contributed by atoms with E-state index in [1.54, 1.807) is 21.2 Å². The lowest BCUT2D eigenvalue weighted by Gasteiger charge is -2.30. The van der Waals surface area contributed by atoms with Crippen LogP contribution in [0.4, 0.5) is 13.2 Å². The second-order valence-electron chi connectivity index (χ2n) is 9.81. The molecule has 5 rings (SSSR count). The van der Waals surface area contributed by atoms with E-state index in [9.17, 15) is 22.8 Å². The third kappa shape index (κ3) is 6.36. The molecular weight excluding hydrogens is 545 g/mol. The molecule has 1 aromatic heterocycles. The van der Waals surface area contributed by atoms with Crippen LogP contribution in [0.25, 0.3) is 5.69 Å². The first kappa shape index (κ1) is 27.8. The first-order valence-electron chi connectivity index (χ1n) is 12.9. The van der Waals surface area contributed by atoms with Gasteiger partial charge in [-0.15, -0.1) is 12.6 Å². The summed E-state index contributed by atoms with van der Waals surface area (Å²) in [6.07, 6.45) is -0.238. The van der Waals surface area contributed by atoms with Gasteiger partial charge in [-0.2, -0.15) is 13.2 Å². The third-order valence-electron chi connectivity index (χ3n) is 7.12. The second kappa shape index (κ2) is 11.8. The van der Waals surface area contributed by atoms with Crippen LogP contribution in [0, 0.1) is 0 Å². The molecule has 11 heteroatoms. The molecule has 1 saturated carbocycles. The van der Waals surface area contributed by atoms with Crippen molar-refractivity contribution in [3.63, 3.8) is 0 Å². The van der Waals surface area contributed by atoms with Crippen LogP contribution in [-0.4, -0.2) is 38.7 Å². The minimum Gasteiger partial charge on any atom is -0.338 e. The first-order valence-corrected chi connectivity index (χ1v) is 14.3. The van der Waals surface area contributed by atoms with Gasteiger partial charge in [-0.05, 0) is 42.7 Å². The lowest BCUT2D eigenvalue weighted by atomic mass is 10.0. The molecule has 0 saturated heterocycles. The van der Waals surface area contributed by atoms with Crippen molar-refractivity contribution in [3.05, 3.63) is 81.3 Å². The SMILES string of the molecule is O=C(CCNCc1ccc(C(F)(F)F)cc1)N1CCc2nc(SC3CCC3)n(-c3ccccc3S)c(=O)c2C1. The van der Waals surface area contributed by atoms with Gasteiger partial charge in [0.2, 0.25) is 5.91 Å². The molecule has 2 aliphatic rings. The van der Waals surface area contributed by atoms with Gasteiger partial charge in [0.1, 0.15) is 0 Å². The van der Waals surface area contributed by atoms with E-state index < -0.39 is 11.7 Å². The van der Waals surface area contributed by atoms with Crippen LogP contribution in [0.3, 0.4) is 0 Å². The number of para-hydroxylation sites is 1. The predicted molar refractivity (Wildman–Crippen MR) is 147 cm³/mol. The lowest BCUT2D eigenvalue weighted by molar-refractivity contribution is -0.137. The number of thioether (sulfide) groups is 1. The summed E-state index contributed by atoms with van der Waals surface area (Å²) in [6.45, 7) is 1.41. The van der Waals surface area contributed by atoms with Crippen molar-refractivity contribution in [2.45, 2.75) is 66.7 Å². The number of hydrogen-bond acceptors (Lipinski definition) is 6. The van der Waals surface area contributed by atoms with Gasteiger partial charge < -0.3 is 10.2 Å². The highest BCUT2D eigenvalue weighted by atomic mass is 32.2. The molecule has 2 heterocycles. The van der Waals surface area contributed by atoms with Crippen LogP contribution < -0.4 is 10.9 Å². The standard InChI is InChI=1S/C28H29F3N4O2S2/c29-28(30,31)19-10-8-18(9-11-19)16-32-14-12-25(36)34-15-13-22-21(17-34)26(37)35(23-6-1-2-7-24(23)38)27(33-22)39-20-4-3-5-20/h1-2,6-11,20,32,38H,3-5,12-17H2. The normalized spacial score (nSPS) is 15.6. The summed E-state index contributed by atoms with van der Waals surface area (Å²) in [7, 11) is 0. The average Bonchev–Trinajstić information content (AvgIpc) is 2.89. The monoisotopic (exact) mass is 574 g/mol. The minimum absolute atomic E-state index is 0.0889. The van der Waals surface area contributed by atoms with E-state index in [4.69, 9.17) is 4.98 Å². The summed E-state index contributed by atoms with van der Waals surface area (Å²) in [5.74, 6) is -0.0889. The van der Waals surface area contributed by atoms with E-state index in [-0.39, 0.29) is 24.4 Å². The molecule has 1 N–H and O–H groups in total. The van der Waals surface area contributed by atoms with Gasteiger partial charge in [0, 0.05) is 42.6 Å². The number of thiol groups is 1. The highest BCUT2D eigenvalue weighted by molar-refractivity contribution is 7.99. The molecule has 1 fully saturated rings. The Morgan fingerprint density at radius 2 is 1.87 bits per heavy atom. The Labute approximate surface area is 234 Å². The number of hydrogen-bond donors (Lipinski definition) is 2. The number of nitrogens with zero attached hydrogens (tertiary/aromatic N) is 3. The molecule has 0 radical (unpaired) electrons. The molecule has 1 amide bonds. The van der Waals surface area contributed by atoms with Gasteiger partial charge in [0.05, 0.1) is 29.1 Å². The van der Waals surface area contributed by atoms with Gasteiger partial charge in [-0.3, -0.25) is 14.2 Å². The van der Waals surface area contributed by atoms with Crippen LogP contribution in [0.1, 0.15) is 48.1 Å². The Morgan fingerprint density at radius 1 is 1.13 bits per heavy atom. The quantitative estimate of drug-likeness (QED) is 0.219. The highest BCUT2D eigenvalue weighted by Gasteiger charge is 2.30. The molecule has 1 aliphatic heterocycles. The number of carbonyl (C=O) groups is 1. The summed E-state index contributed by atoms with van der Waals surface area (Å²) < 4.78 is 39.8. The second-order valence-corrected chi connectivity index (χ2v) is 11.6. The molecule has 2 aromatic carbocycles. The number of fused-ring (bicyclic) bond motifs is 1. The van der Waals surface area contributed by atoms with Gasteiger partial charge in [-0.25, -0.2) is 4.98 Å². The number of amides is 1. The fraction of sp³-hybridized carbons (Fsp3) is 0.393. The Balaban J connectivity index is 1.25. The maximum atomic E-state index is 13.8. The molecule has 0 atom stereocenters. The van der Waals surface area contributed by atoms with Gasteiger partial charge in [-0.1, -0.05) is 42.4 Å². The first-order chi connectivity index (χ1) is 18.7. The number of alkyl halides is 3. The summed E-state index contributed by atoms with van der Waals surface area (Å²) in [6, 6.07) is 12.4. The summed E-state index contributed by atoms with van der Waals surface area (Å²) in [4.78, 5) is 34.0. The van der Waals surface area contributed by atoms with Crippen molar-refractivity contribution in [1.82, 2.24) is 19.8 Å². The van der Waals surface area contributed by atoms with Crippen molar-refractivity contribution in [2.75, 3.05) is 13.1 Å². The largest absolute Gasteiger partial charge is 0.416 e. The highest BCUT2D eigenvalue weighted by Crippen LogP contribution is 2.37. The number of benzene rings is 2. The zero-order valence-electron chi connectivity index (χ0n) is 21.2. The molecule has 206 valence electrons. The fourth-order valence-corrected chi connectivity index (χ4v) is 6.23. The Hall–Kier alpha value is -2.76. The van der Waals surface area contributed by atoms with E-state index in [0.29, 0.717) is 58.2 Å². The van der Waals surface area contributed by atoms with Crippen LogP contribution in [0.5, 0.6) is 0 Å². The van der Waals surface area contributed by atoms with Crippen molar-refractivity contribution < 1.29 is 18.0 Å². The number of carbonyl (C=O) groups excluding carboxylic acids is 1. The molecule has 0 bridgehead atoms. The maximum Gasteiger partial charge on any atom is 0.416 e. The molecular formula is C28H29F3N4O2S2. The van der Waals surface area contributed by atoms with E-state index in [2.05, 4.69) is 17.9 Å². The lowest BCUT2D eigenvalue weighted by Crippen LogP contribution is -2.42. The maximum absolute atomic E-state index is 13.8. The molecule has 3 aromatic rings. The van der Waals surface area contributed by atoms with Crippen molar-refractivity contribution in [3.8, 4) is 5.69 Å². The van der Waals surface area contributed by atoms with Crippen LogP contribution in [0.15, 0.2) is 63.4 Å². The summed E-state index contributed by atoms with van der Waals surface area (Å²) >= 11 is 6.22. The van der Waals surface area contributed by atoms with Gasteiger partial charge in [0.15, 0.2) is 5.16 Å². The number of halogens is 3. The van der Waals surface area contributed by atoms with Gasteiger partial charge in [0.25, 0.3) is 5.56 Å². The third-order valence-corrected chi connectivity index (χ3v) is 8.79. The Bertz CT molecular complexity index is 1410. The minimum atomic E-state index is -4.36. The van der Waals surface area contributed by atoms with Crippen molar-refractivity contribution in [2.24, 2.45) is 0 Å². The zero-order valence-corrected chi connectivity index (χ0v) is 22.9. The Kier molecular flexibility index (Phi) is 8.39. The average molecular weight is 575 g/mol. The van der Waals surface area contributed by atoms with E-state index >= 15 is 0 Å². The smallest absolute Gasteiger partial charge is 0.338 e. The van der Waals surface area contributed by atoms with Crippen molar-refractivity contribution >= 4 is 30.3 Å². The number of nitrogens with one attached hydrogen (secondary N) is 1. The van der Waals surface area contributed by atoms with Crippen LogP contribution in [0.2, 0.25) is 0 Å². The molecule has 6 nitrogen and oxygen atoms in total. The van der Waals surface area contributed by atoms with Crippen LogP contribution >= 0.6 is 24.4 Å². The van der Waals surface area contributed by atoms with Crippen molar-refractivity contribution in [1.29, 1.82) is 0 Å².